The maximum absolute atomic E-state index is 11.6. The molecule has 0 saturated heterocycles. The molecule has 23 heavy (non-hydrogen) atoms. The molecule has 0 N–H and O–H groups in total. The van der Waals surface area contributed by atoms with Crippen molar-refractivity contribution in [1.82, 2.24) is 0 Å². The fourth-order valence-electron chi connectivity index (χ4n) is 2.28. The number of unbranched alkanes of at least 4 members (excludes halogenated alkanes) is 7. The molecule has 0 radical (unpaired) electrons. The number of carbonyl (C=O) groups excluding carboxylic acids is 3. The summed E-state index contributed by atoms with van der Waals surface area (Å²) in [4.78, 5) is 34.1. The average Bonchev–Trinajstić information content (AvgIpc) is 2.55. The van der Waals surface area contributed by atoms with Crippen LogP contribution in [-0.2, 0) is 19.1 Å². The van der Waals surface area contributed by atoms with E-state index in [-0.39, 0.29) is 17.5 Å². The third kappa shape index (κ3) is 15.2. The van der Waals surface area contributed by atoms with Gasteiger partial charge in [-0.05, 0) is 31.4 Å². The molecule has 0 fully saturated rings. The van der Waals surface area contributed by atoms with Crippen LogP contribution in [0.1, 0.15) is 84.0 Å². The van der Waals surface area contributed by atoms with Gasteiger partial charge in [0, 0.05) is 19.3 Å². The minimum atomic E-state index is -0.162. The molecule has 0 aliphatic heterocycles. The van der Waals surface area contributed by atoms with Crippen molar-refractivity contribution >= 4 is 17.5 Å². The van der Waals surface area contributed by atoms with E-state index in [2.05, 4.69) is 11.7 Å². The first-order chi connectivity index (χ1) is 11.1. The molecule has 0 aliphatic carbocycles. The van der Waals surface area contributed by atoms with Crippen LogP contribution in [0.15, 0.2) is 12.2 Å². The van der Waals surface area contributed by atoms with Crippen LogP contribution in [0.4, 0.5) is 0 Å². The highest BCUT2D eigenvalue weighted by molar-refractivity contribution is 5.98. The maximum Gasteiger partial charge on any atom is 0.305 e. The van der Waals surface area contributed by atoms with Crippen molar-refractivity contribution in [3.8, 4) is 0 Å². The Hall–Kier alpha value is -1.45. The molecule has 0 heterocycles. The summed E-state index contributed by atoms with van der Waals surface area (Å²) in [6, 6.07) is 0. The van der Waals surface area contributed by atoms with E-state index in [9.17, 15) is 14.4 Å². The lowest BCUT2D eigenvalue weighted by Gasteiger charge is -2.00. The highest BCUT2D eigenvalue weighted by Gasteiger charge is 2.02. The summed E-state index contributed by atoms with van der Waals surface area (Å²) >= 11 is 0. The third-order valence-corrected chi connectivity index (χ3v) is 3.76. The minimum Gasteiger partial charge on any atom is -0.469 e. The Balaban J connectivity index is 3.53. The van der Waals surface area contributed by atoms with Crippen molar-refractivity contribution in [3.05, 3.63) is 12.2 Å². The fourth-order valence-corrected chi connectivity index (χ4v) is 2.28. The molecule has 0 aromatic rings. The average molecular weight is 324 g/mol. The van der Waals surface area contributed by atoms with E-state index in [1.54, 1.807) is 0 Å². The summed E-state index contributed by atoms with van der Waals surface area (Å²) in [6.07, 6.45) is 13.4. The monoisotopic (exact) mass is 324 g/mol. The summed E-state index contributed by atoms with van der Waals surface area (Å²) in [6.45, 7) is 2.14. The summed E-state index contributed by atoms with van der Waals surface area (Å²) in [7, 11) is 1.40. The van der Waals surface area contributed by atoms with Crippen LogP contribution >= 0.6 is 0 Å². The Bertz CT molecular complexity index is 372. The van der Waals surface area contributed by atoms with Gasteiger partial charge in [0.25, 0.3) is 0 Å². The number of ketones is 2. The summed E-state index contributed by atoms with van der Waals surface area (Å²) in [5.74, 6) is -0.0802. The number of esters is 1. The van der Waals surface area contributed by atoms with Gasteiger partial charge in [0.2, 0.25) is 0 Å². The van der Waals surface area contributed by atoms with Gasteiger partial charge in [-0.3, -0.25) is 14.4 Å². The lowest BCUT2D eigenvalue weighted by molar-refractivity contribution is -0.140. The van der Waals surface area contributed by atoms with Crippen molar-refractivity contribution in [2.45, 2.75) is 84.0 Å². The van der Waals surface area contributed by atoms with Gasteiger partial charge in [-0.25, -0.2) is 0 Å². The van der Waals surface area contributed by atoms with Crippen LogP contribution in [-0.4, -0.2) is 24.6 Å². The van der Waals surface area contributed by atoms with Gasteiger partial charge in [-0.15, -0.1) is 0 Å². The Morgan fingerprint density at radius 2 is 1.13 bits per heavy atom. The molecule has 0 amide bonds. The summed E-state index contributed by atoms with van der Waals surface area (Å²) < 4.78 is 4.57. The van der Waals surface area contributed by atoms with Crippen LogP contribution in [0, 0.1) is 0 Å². The molecule has 0 aromatic heterocycles. The zero-order valence-electron chi connectivity index (χ0n) is 14.8. The Kier molecular flexibility index (Phi) is 14.5. The van der Waals surface area contributed by atoms with Crippen LogP contribution in [0.2, 0.25) is 0 Å². The van der Waals surface area contributed by atoms with Gasteiger partial charge in [0.1, 0.15) is 0 Å². The topological polar surface area (TPSA) is 60.4 Å². The second kappa shape index (κ2) is 15.4. The lowest BCUT2D eigenvalue weighted by atomic mass is 10.1. The zero-order valence-corrected chi connectivity index (χ0v) is 14.8. The standard InChI is InChI=1S/C19H32O4/c1-3-4-5-9-12-17(20)15-16-18(21)13-10-7-6-8-11-14-19(22)23-2/h15-16H,3-14H2,1-2H3/b16-15-. The predicted octanol–water partition coefficient (Wildman–Crippen LogP) is 4.55. The Morgan fingerprint density at radius 3 is 1.61 bits per heavy atom. The van der Waals surface area contributed by atoms with Crippen LogP contribution in [0.5, 0.6) is 0 Å². The van der Waals surface area contributed by atoms with E-state index in [1.807, 2.05) is 0 Å². The first kappa shape index (κ1) is 21.6. The number of carbonyl (C=O) groups is 3. The van der Waals surface area contributed by atoms with Crippen molar-refractivity contribution in [1.29, 1.82) is 0 Å². The molecule has 0 aromatic carbocycles. The van der Waals surface area contributed by atoms with Crippen molar-refractivity contribution in [3.63, 3.8) is 0 Å². The van der Waals surface area contributed by atoms with E-state index in [1.165, 1.54) is 19.3 Å². The van der Waals surface area contributed by atoms with Gasteiger partial charge in [0.05, 0.1) is 7.11 Å². The van der Waals surface area contributed by atoms with Crippen molar-refractivity contribution < 1.29 is 19.1 Å². The maximum atomic E-state index is 11.6. The Labute approximate surface area is 140 Å². The molecule has 4 heteroatoms. The van der Waals surface area contributed by atoms with Gasteiger partial charge in [-0.1, -0.05) is 45.4 Å². The largest absolute Gasteiger partial charge is 0.469 e. The highest BCUT2D eigenvalue weighted by atomic mass is 16.5. The summed E-state index contributed by atoms with van der Waals surface area (Å²) in [5, 5.41) is 0. The van der Waals surface area contributed by atoms with E-state index in [0.717, 1.165) is 57.8 Å². The number of ether oxygens (including phenoxy) is 1. The first-order valence-electron chi connectivity index (χ1n) is 8.90. The number of hydrogen-bond donors (Lipinski definition) is 0. The van der Waals surface area contributed by atoms with Gasteiger partial charge in [-0.2, -0.15) is 0 Å². The molecule has 132 valence electrons. The SMILES string of the molecule is CCCCCCC(=O)/C=C\C(=O)CCCCCCCC(=O)OC. The zero-order chi connectivity index (χ0) is 17.3. The molecular weight excluding hydrogens is 292 g/mol. The van der Waals surface area contributed by atoms with E-state index >= 15 is 0 Å². The molecule has 0 aliphatic rings. The number of methoxy groups -OCH3 is 1. The number of rotatable bonds is 15. The van der Waals surface area contributed by atoms with Crippen LogP contribution in [0.25, 0.3) is 0 Å². The highest BCUT2D eigenvalue weighted by Crippen LogP contribution is 2.08. The smallest absolute Gasteiger partial charge is 0.305 e. The van der Waals surface area contributed by atoms with Crippen LogP contribution < -0.4 is 0 Å². The molecular formula is C19H32O4. The van der Waals surface area contributed by atoms with E-state index < -0.39 is 0 Å². The van der Waals surface area contributed by atoms with Crippen molar-refractivity contribution in [2.75, 3.05) is 7.11 Å². The minimum absolute atomic E-state index is 0.0291. The van der Waals surface area contributed by atoms with Gasteiger partial charge >= 0.3 is 5.97 Å². The molecule has 4 nitrogen and oxygen atoms in total. The predicted molar refractivity (Wildman–Crippen MR) is 92.2 cm³/mol. The third-order valence-electron chi connectivity index (χ3n) is 3.76. The normalized spacial score (nSPS) is 10.9. The summed E-state index contributed by atoms with van der Waals surface area (Å²) in [5.41, 5.74) is 0. The molecule has 0 saturated carbocycles. The van der Waals surface area contributed by atoms with Crippen LogP contribution in [0.3, 0.4) is 0 Å². The second-order valence-corrected chi connectivity index (χ2v) is 5.92. The molecule has 0 rings (SSSR count). The van der Waals surface area contributed by atoms with Gasteiger partial charge in [0.15, 0.2) is 11.6 Å². The molecule has 0 unspecified atom stereocenters. The first-order valence-corrected chi connectivity index (χ1v) is 8.90. The lowest BCUT2D eigenvalue weighted by Crippen LogP contribution is -1.99. The van der Waals surface area contributed by atoms with E-state index in [0.29, 0.717) is 19.3 Å². The number of hydrogen-bond acceptors (Lipinski definition) is 4. The molecule has 0 atom stereocenters. The quantitative estimate of drug-likeness (QED) is 0.252. The molecule has 0 bridgehead atoms. The fraction of sp³-hybridized carbons (Fsp3) is 0.737. The second-order valence-electron chi connectivity index (χ2n) is 5.92. The van der Waals surface area contributed by atoms with Crippen molar-refractivity contribution in [2.24, 2.45) is 0 Å². The number of allylic oxidation sites excluding steroid dienone is 2. The molecule has 0 spiro atoms. The van der Waals surface area contributed by atoms with Gasteiger partial charge < -0.3 is 4.74 Å². The Morgan fingerprint density at radius 1 is 0.696 bits per heavy atom. The van der Waals surface area contributed by atoms with E-state index in [4.69, 9.17) is 0 Å².